The zero-order valence-corrected chi connectivity index (χ0v) is 14.8. The van der Waals surface area contributed by atoms with Crippen LogP contribution in [0.15, 0.2) is 36.1 Å². The molecule has 4 rings (SSSR count). The van der Waals surface area contributed by atoms with Gasteiger partial charge in [-0.05, 0) is 43.0 Å². The number of ketones is 1. The van der Waals surface area contributed by atoms with Crippen LogP contribution in [0.1, 0.15) is 24.8 Å². The molecule has 0 aromatic heterocycles. The van der Waals surface area contributed by atoms with Crippen molar-refractivity contribution in [3.8, 4) is 5.75 Å². The highest BCUT2D eigenvalue weighted by molar-refractivity contribution is 5.83. The van der Waals surface area contributed by atoms with E-state index in [4.69, 9.17) is 9.47 Å². The number of ether oxygens (including phenoxy) is 2. The number of piperidine rings is 1. The van der Waals surface area contributed by atoms with Crippen LogP contribution in [0.3, 0.4) is 0 Å². The molecule has 25 heavy (non-hydrogen) atoms. The van der Waals surface area contributed by atoms with Crippen LogP contribution in [0, 0.1) is 5.92 Å². The van der Waals surface area contributed by atoms with Gasteiger partial charge in [0.05, 0.1) is 25.9 Å². The van der Waals surface area contributed by atoms with Crippen molar-refractivity contribution in [1.29, 1.82) is 0 Å². The third-order valence-electron chi connectivity index (χ3n) is 6.27. The van der Waals surface area contributed by atoms with Crippen LogP contribution >= 0.6 is 0 Å². The lowest BCUT2D eigenvalue weighted by atomic mass is 9.66. The Hall–Kier alpha value is -1.85. The molecule has 1 spiro atoms. The quantitative estimate of drug-likeness (QED) is 0.905. The largest absolute Gasteiger partial charge is 0.499 e. The molecule has 2 heterocycles. The van der Waals surface area contributed by atoms with Crippen LogP contribution in [-0.4, -0.2) is 54.2 Å². The summed E-state index contributed by atoms with van der Waals surface area (Å²) in [4.78, 5) is 14.8. The topological polar surface area (TPSA) is 59.0 Å². The second-order valence-electron chi connectivity index (χ2n) is 7.34. The van der Waals surface area contributed by atoms with Crippen molar-refractivity contribution in [1.82, 2.24) is 4.90 Å². The number of hydrogen-bond donors (Lipinski definition) is 1. The molecule has 5 heteroatoms. The first-order valence-corrected chi connectivity index (χ1v) is 8.94. The van der Waals surface area contributed by atoms with Gasteiger partial charge in [0.1, 0.15) is 17.3 Å². The number of hydrogen-bond acceptors (Lipinski definition) is 5. The standard InChI is InChI=1S/C20H25NO4/c1-24-14-5-3-13(4-6-14)11-16-19(23)15-12-20(9-7-17(15)22)18(25-2)8-10-21(16)20/h3-6,8,15-16,19,23H,7,9-12H2,1-2H3/t15?,16-,19+,20?/m0/s1. The molecule has 134 valence electrons. The Kier molecular flexibility index (Phi) is 4.08. The Labute approximate surface area is 148 Å². The van der Waals surface area contributed by atoms with E-state index in [1.165, 1.54) is 0 Å². The molecule has 2 aliphatic heterocycles. The van der Waals surface area contributed by atoms with Crippen molar-refractivity contribution < 1.29 is 19.4 Å². The highest BCUT2D eigenvalue weighted by Gasteiger charge is 2.59. The molecule has 1 aromatic carbocycles. The van der Waals surface area contributed by atoms with Crippen molar-refractivity contribution in [2.24, 2.45) is 5.92 Å². The number of aliphatic hydroxyl groups is 1. The average molecular weight is 343 g/mol. The molecule has 1 aliphatic carbocycles. The molecule has 4 atom stereocenters. The summed E-state index contributed by atoms with van der Waals surface area (Å²) in [6.07, 6.45) is 4.17. The highest BCUT2D eigenvalue weighted by Crippen LogP contribution is 2.50. The summed E-state index contributed by atoms with van der Waals surface area (Å²) in [6.45, 7) is 0.766. The summed E-state index contributed by atoms with van der Waals surface area (Å²) in [5.41, 5.74) is 0.919. The highest BCUT2D eigenvalue weighted by atomic mass is 16.5. The molecule has 3 aliphatic rings. The van der Waals surface area contributed by atoms with Crippen molar-refractivity contribution >= 4 is 5.78 Å². The van der Waals surface area contributed by atoms with E-state index in [0.717, 1.165) is 30.0 Å². The average Bonchev–Trinajstić information content (AvgIpc) is 2.99. The van der Waals surface area contributed by atoms with Gasteiger partial charge in [-0.3, -0.25) is 9.69 Å². The van der Waals surface area contributed by atoms with Crippen LogP contribution in [0.4, 0.5) is 0 Å². The molecule has 5 nitrogen and oxygen atoms in total. The third kappa shape index (κ3) is 2.49. The fraction of sp³-hybridized carbons (Fsp3) is 0.550. The number of carbonyl (C=O) groups is 1. The second-order valence-corrected chi connectivity index (χ2v) is 7.34. The van der Waals surface area contributed by atoms with Crippen molar-refractivity contribution in [3.05, 3.63) is 41.7 Å². The normalized spacial score (nSPS) is 34.4. The maximum Gasteiger partial charge on any atom is 0.138 e. The van der Waals surface area contributed by atoms with Crippen LogP contribution in [0.5, 0.6) is 5.75 Å². The minimum atomic E-state index is -0.632. The van der Waals surface area contributed by atoms with Crippen LogP contribution < -0.4 is 4.74 Å². The van der Waals surface area contributed by atoms with E-state index in [1.807, 2.05) is 24.3 Å². The number of methoxy groups -OCH3 is 2. The summed E-state index contributed by atoms with van der Waals surface area (Å²) in [7, 11) is 3.36. The van der Waals surface area contributed by atoms with E-state index in [0.29, 0.717) is 19.3 Å². The first kappa shape index (κ1) is 16.6. The molecule has 2 fully saturated rings. The third-order valence-corrected chi connectivity index (χ3v) is 6.27. The molecule has 2 unspecified atom stereocenters. The van der Waals surface area contributed by atoms with Gasteiger partial charge in [-0.2, -0.15) is 0 Å². The number of benzene rings is 1. The first-order chi connectivity index (χ1) is 12.1. The molecule has 1 saturated heterocycles. The lowest BCUT2D eigenvalue weighted by Gasteiger charge is -2.55. The van der Waals surface area contributed by atoms with Gasteiger partial charge in [-0.25, -0.2) is 0 Å². The molecular weight excluding hydrogens is 318 g/mol. The van der Waals surface area contributed by atoms with E-state index in [-0.39, 0.29) is 23.3 Å². The minimum Gasteiger partial charge on any atom is -0.499 e. The number of nitrogens with zero attached hydrogens (tertiary/aromatic N) is 1. The number of rotatable bonds is 4. The van der Waals surface area contributed by atoms with E-state index in [2.05, 4.69) is 11.0 Å². The van der Waals surface area contributed by atoms with Gasteiger partial charge in [0.15, 0.2) is 0 Å². The first-order valence-electron chi connectivity index (χ1n) is 8.94. The predicted molar refractivity (Wildman–Crippen MR) is 93.4 cm³/mol. The molecule has 0 radical (unpaired) electrons. The van der Waals surface area contributed by atoms with Crippen molar-refractivity contribution in [2.45, 2.75) is 43.4 Å². The fourth-order valence-corrected chi connectivity index (χ4v) is 4.99. The lowest BCUT2D eigenvalue weighted by molar-refractivity contribution is -0.150. The predicted octanol–water partition coefficient (Wildman–Crippen LogP) is 1.93. The summed E-state index contributed by atoms with van der Waals surface area (Å²) in [6, 6.07) is 7.86. The molecule has 2 bridgehead atoms. The SMILES string of the molecule is COC1=CCN2[C@@H](Cc3ccc(OC)cc3)[C@H](O)C3CC12CCC3=O. The summed E-state index contributed by atoms with van der Waals surface area (Å²) < 4.78 is 10.9. The van der Waals surface area contributed by atoms with E-state index in [1.54, 1.807) is 14.2 Å². The number of Topliss-reactive ketones (excluding diaryl/α,β-unsaturated/α-hetero) is 1. The van der Waals surface area contributed by atoms with Crippen molar-refractivity contribution in [2.75, 3.05) is 20.8 Å². The number of aliphatic hydroxyl groups excluding tert-OH is 1. The van der Waals surface area contributed by atoms with Crippen LogP contribution in [0.25, 0.3) is 0 Å². The van der Waals surface area contributed by atoms with Gasteiger partial charge < -0.3 is 14.6 Å². The van der Waals surface area contributed by atoms with Crippen LogP contribution in [0.2, 0.25) is 0 Å². The van der Waals surface area contributed by atoms with E-state index < -0.39 is 6.10 Å². The Morgan fingerprint density at radius 3 is 2.68 bits per heavy atom. The maximum atomic E-state index is 12.4. The van der Waals surface area contributed by atoms with Gasteiger partial charge in [0, 0.05) is 24.9 Å². The Balaban J connectivity index is 1.65. The fourth-order valence-electron chi connectivity index (χ4n) is 4.99. The van der Waals surface area contributed by atoms with Gasteiger partial charge in [-0.1, -0.05) is 12.1 Å². The molecule has 1 saturated carbocycles. The smallest absolute Gasteiger partial charge is 0.138 e. The summed E-state index contributed by atoms with van der Waals surface area (Å²) in [5.74, 6) is 1.70. The summed E-state index contributed by atoms with van der Waals surface area (Å²) >= 11 is 0. The second kappa shape index (κ2) is 6.15. The zero-order valence-electron chi connectivity index (χ0n) is 14.8. The zero-order chi connectivity index (χ0) is 17.6. The maximum absolute atomic E-state index is 12.4. The lowest BCUT2D eigenvalue weighted by Crippen LogP contribution is -2.66. The molecule has 1 N–H and O–H groups in total. The monoisotopic (exact) mass is 343 g/mol. The number of carbonyl (C=O) groups excluding carboxylic acids is 1. The van der Waals surface area contributed by atoms with E-state index in [9.17, 15) is 9.90 Å². The Morgan fingerprint density at radius 2 is 2.00 bits per heavy atom. The Bertz CT molecular complexity index is 698. The van der Waals surface area contributed by atoms with Crippen LogP contribution in [-0.2, 0) is 16.0 Å². The molecular formula is C20H25NO4. The van der Waals surface area contributed by atoms with Gasteiger partial charge in [0.25, 0.3) is 0 Å². The minimum absolute atomic E-state index is 0.0831. The molecule has 1 aromatic rings. The van der Waals surface area contributed by atoms with E-state index >= 15 is 0 Å². The van der Waals surface area contributed by atoms with Gasteiger partial charge in [0.2, 0.25) is 0 Å². The number of fused-ring (bicyclic) bond motifs is 1. The van der Waals surface area contributed by atoms with Gasteiger partial charge >= 0.3 is 0 Å². The summed E-state index contributed by atoms with van der Waals surface area (Å²) in [5, 5.41) is 11.0. The van der Waals surface area contributed by atoms with Gasteiger partial charge in [-0.15, -0.1) is 0 Å². The molecule has 0 amide bonds. The van der Waals surface area contributed by atoms with Crippen molar-refractivity contribution in [3.63, 3.8) is 0 Å². The Morgan fingerprint density at radius 1 is 1.24 bits per heavy atom.